The lowest BCUT2D eigenvalue weighted by atomic mass is 10.1. The molecule has 0 radical (unpaired) electrons. The van der Waals surface area contributed by atoms with Gasteiger partial charge in [-0.1, -0.05) is 25.7 Å². The zero-order valence-corrected chi connectivity index (χ0v) is 11.5. The third-order valence-corrected chi connectivity index (χ3v) is 4.60. The Kier molecular flexibility index (Phi) is 5.46. The first-order valence-corrected chi connectivity index (χ1v) is 7.75. The second-order valence-corrected chi connectivity index (χ2v) is 5.97. The van der Waals surface area contributed by atoms with Crippen LogP contribution in [0, 0.1) is 6.92 Å². The van der Waals surface area contributed by atoms with Crippen LogP contribution in [-0.2, 0) is 0 Å². The molecule has 17 heavy (non-hydrogen) atoms. The molecule has 1 saturated carbocycles. The van der Waals surface area contributed by atoms with Crippen LogP contribution in [0.25, 0.3) is 0 Å². The van der Waals surface area contributed by atoms with Crippen molar-refractivity contribution >= 4 is 11.8 Å². The fraction of sp³-hybridized carbons (Fsp3) is 0.714. The molecule has 0 spiro atoms. The van der Waals surface area contributed by atoms with Crippen molar-refractivity contribution in [3.63, 3.8) is 0 Å². The van der Waals surface area contributed by atoms with Gasteiger partial charge in [0.2, 0.25) is 0 Å². The van der Waals surface area contributed by atoms with Gasteiger partial charge in [-0.05, 0) is 25.8 Å². The highest BCUT2D eigenvalue weighted by Crippen LogP contribution is 2.22. The van der Waals surface area contributed by atoms with Crippen LogP contribution in [0.15, 0.2) is 21.6 Å². The van der Waals surface area contributed by atoms with Crippen LogP contribution in [0.4, 0.5) is 0 Å². The van der Waals surface area contributed by atoms with Gasteiger partial charge in [0.15, 0.2) is 0 Å². The molecule has 2 rings (SSSR count). The summed E-state index contributed by atoms with van der Waals surface area (Å²) in [6.07, 6.45) is 10.2. The third-order valence-electron chi connectivity index (χ3n) is 3.46. The van der Waals surface area contributed by atoms with Crippen LogP contribution in [0.5, 0.6) is 0 Å². The molecule has 96 valence electrons. The molecule has 1 heterocycles. The normalized spacial score (nSPS) is 18.2. The lowest BCUT2D eigenvalue weighted by Gasteiger charge is -2.15. The van der Waals surface area contributed by atoms with Crippen LogP contribution >= 0.6 is 11.8 Å². The second kappa shape index (κ2) is 7.12. The lowest BCUT2D eigenvalue weighted by Crippen LogP contribution is -2.30. The molecule has 2 nitrogen and oxygen atoms in total. The van der Waals surface area contributed by atoms with E-state index >= 15 is 0 Å². The van der Waals surface area contributed by atoms with Gasteiger partial charge < -0.3 is 9.73 Å². The van der Waals surface area contributed by atoms with E-state index in [4.69, 9.17) is 4.42 Å². The van der Waals surface area contributed by atoms with Crippen molar-refractivity contribution in [1.82, 2.24) is 5.32 Å². The highest BCUT2D eigenvalue weighted by atomic mass is 32.2. The van der Waals surface area contributed by atoms with Crippen LogP contribution in [-0.4, -0.2) is 18.3 Å². The molecule has 0 saturated heterocycles. The van der Waals surface area contributed by atoms with E-state index in [9.17, 15) is 0 Å². The Morgan fingerprint density at radius 1 is 1.29 bits per heavy atom. The predicted molar refractivity (Wildman–Crippen MR) is 73.7 cm³/mol. The molecule has 1 N–H and O–H groups in total. The van der Waals surface area contributed by atoms with Crippen molar-refractivity contribution in [2.75, 3.05) is 12.3 Å². The quantitative estimate of drug-likeness (QED) is 0.488. The highest BCUT2D eigenvalue weighted by Gasteiger charge is 2.11. The minimum Gasteiger partial charge on any atom is -0.468 e. The van der Waals surface area contributed by atoms with Gasteiger partial charge in [0, 0.05) is 23.2 Å². The van der Waals surface area contributed by atoms with E-state index in [0.717, 1.165) is 24.1 Å². The molecule has 1 aliphatic carbocycles. The average molecular weight is 253 g/mol. The van der Waals surface area contributed by atoms with Crippen LogP contribution in [0.3, 0.4) is 0 Å². The lowest BCUT2D eigenvalue weighted by molar-refractivity contribution is 0.474. The van der Waals surface area contributed by atoms with Gasteiger partial charge in [0.25, 0.3) is 0 Å². The van der Waals surface area contributed by atoms with Crippen LogP contribution < -0.4 is 5.32 Å². The summed E-state index contributed by atoms with van der Waals surface area (Å²) in [5.41, 5.74) is 0. The van der Waals surface area contributed by atoms with Crippen LogP contribution in [0.1, 0.15) is 44.3 Å². The Morgan fingerprint density at radius 3 is 2.71 bits per heavy atom. The SMILES string of the molecule is Cc1occc1SCCNC1CCCCCC1. The first-order valence-electron chi connectivity index (χ1n) is 6.76. The minimum atomic E-state index is 0.767. The zero-order valence-electron chi connectivity index (χ0n) is 10.7. The number of hydrogen-bond donors (Lipinski definition) is 1. The third kappa shape index (κ3) is 4.40. The molecule has 1 fully saturated rings. The summed E-state index contributed by atoms with van der Waals surface area (Å²) in [6, 6.07) is 2.83. The van der Waals surface area contributed by atoms with Gasteiger partial charge in [-0.15, -0.1) is 11.8 Å². The Hall–Kier alpha value is -0.410. The smallest absolute Gasteiger partial charge is 0.114 e. The number of hydrogen-bond acceptors (Lipinski definition) is 3. The maximum absolute atomic E-state index is 5.29. The van der Waals surface area contributed by atoms with Crippen molar-refractivity contribution in [1.29, 1.82) is 0 Å². The van der Waals surface area contributed by atoms with Gasteiger partial charge in [-0.25, -0.2) is 0 Å². The molecular formula is C14H23NOS. The highest BCUT2D eigenvalue weighted by molar-refractivity contribution is 7.99. The maximum atomic E-state index is 5.29. The largest absolute Gasteiger partial charge is 0.468 e. The molecular weight excluding hydrogens is 230 g/mol. The summed E-state index contributed by atoms with van der Waals surface area (Å²) in [4.78, 5) is 1.28. The van der Waals surface area contributed by atoms with E-state index in [0.29, 0.717) is 0 Å². The molecule has 0 unspecified atom stereocenters. The Morgan fingerprint density at radius 2 is 2.06 bits per heavy atom. The van der Waals surface area contributed by atoms with E-state index in [1.807, 2.05) is 18.7 Å². The number of furan rings is 1. The number of nitrogens with one attached hydrogen (secondary N) is 1. The van der Waals surface area contributed by atoms with E-state index in [1.54, 1.807) is 6.26 Å². The Balaban J connectivity index is 1.61. The molecule has 1 aliphatic rings. The van der Waals surface area contributed by atoms with Gasteiger partial charge >= 0.3 is 0 Å². The van der Waals surface area contributed by atoms with Crippen LogP contribution in [0.2, 0.25) is 0 Å². The predicted octanol–water partition coefficient (Wildman–Crippen LogP) is 3.99. The molecule has 0 bridgehead atoms. The summed E-state index contributed by atoms with van der Waals surface area (Å²) in [5.74, 6) is 2.18. The van der Waals surface area contributed by atoms with Gasteiger partial charge in [0.1, 0.15) is 5.76 Å². The Labute approximate surface area is 109 Å². The van der Waals surface area contributed by atoms with E-state index in [-0.39, 0.29) is 0 Å². The van der Waals surface area contributed by atoms with Gasteiger partial charge in [0.05, 0.1) is 6.26 Å². The van der Waals surface area contributed by atoms with Gasteiger partial charge in [-0.2, -0.15) is 0 Å². The molecule has 1 aromatic heterocycles. The van der Waals surface area contributed by atoms with E-state index < -0.39 is 0 Å². The second-order valence-electron chi connectivity index (χ2n) is 4.83. The monoisotopic (exact) mass is 253 g/mol. The summed E-state index contributed by atoms with van der Waals surface area (Å²) in [7, 11) is 0. The number of thioether (sulfide) groups is 1. The zero-order chi connectivity index (χ0) is 11.9. The van der Waals surface area contributed by atoms with Crippen molar-refractivity contribution in [3.8, 4) is 0 Å². The average Bonchev–Trinajstić information content (AvgIpc) is 2.60. The molecule has 1 aromatic rings. The van der Waals surface area contributed by atoms with Crippen molar-refractivity contribution < 1.29 is 4.42 Å². The standard InChI is InChI=1S/C14H23NOS/c1-12-14(8-10-16-12)17-11-9-15-13-6-4-2-3-5-7-13/h8,10,13,15H,2-7,9,11H2,1H3. The fourth-order valence-electron chi connectivity index (χ4n) is 2.43. The minimum absolute atomic E-state index is 0.767. The number of aryl methyl sites for hydroxylation is 1. The molecule has 3 heteroatoms. The summed E-state index contributed by atoms with van der Waals surface area (Å²) in [6.45, 7) is 3.14. The van der Waals surface area contributed by atoms with Crippen molar-refractivity contribution in [3.05, 3.63) is 18.1 Å². The molecule has 0 atom stereocenters. The maximum Gasteiger partial charge on any atom is 0.114 e. The molecule has 0 amide bonds. The summed E-state index contributed by atoms with van der Waals surface area (Å²) < 4.78 is 5.29. The van der Waals surface area contributed by atoms with Crippen molar-refractivity contribution in [2.24, 2.45) is 0 Å². The topological polar surface area (TPSA) is 25.2 Å². The number of rotatable bonds is 5. The fourth-order valence-corrected chi connectivity index (χ4v) is 3.27. The first kappa shape index (κ1) is 13.0. The summed E-state index contributed by atoms with van der Waals surface area (Å²) >= 11 is 1.89. The van der Waals surface area contributed by atoms with Gasteiger partial charge in [-0.3, -0.25) is 0 Å². The van der Waals surface area contributed by atoms with E-state index in [1.165, 1.54) is 43.4 Å². The first-order chi connectivity index (χ1) is 8.36. The summed E-state index contributed by atoms with van der Waals surface area (Å²) in [5, 5.41) is 3.69. The van der Waals surface area contributed by atoms with Crippen molar-refractivity contribution in [2.45, 2.75) is 56.4 Å². The Bertz CT molecular complexity index is 316. The molecule has 0 aromatic carbocycles. The van der Waals surface area contributed by atoms with E-state index in [2.05, 4.69) is 11.4 Å². The molecule has 0 aliphatic heterocycles.